The molecule has 0 saturated carbocycles. The highest BCUT2D eigenvalue weighted by molar-refractivity contribution is 9.10. The summed E-state index contributed by atoms with van der Waals surface area (Å²) in [5, 5.41) is 4.33. The Hall–Kier alpha value is -1.87. The minimum absolute atomic E-state index is 0.0116. The molecular formula is C14H9BrF3N3OS. The smallest absolute Gasteiger partial charge is 0.326 e. The van der Waals surface area contributed by atoms with E-state index in [4.69, 9.17) is 0 Å². The third-order valence-electron chi connectivity index (χ3n) is 2.99. The van der Waals surface area contributed by atoms with E-state index in [1.54, 1.807) is 10.6 Å². The fraction of sp³-hybridized carbons (Fsp3) is 0.143. The second-order valence-corrected chi connectivity index (χ2v) is 6.57. The molecule has 9 heteroatoms. The highest BCUT2D eigenvalue weighted by Crippen LogP contribution is 2.33. The summed E-state index contributed by atoms with van der Waals surface area (Å²) in [4.78, 5) is 17.0. The molecule has 0 fully saturated rings. The second kappa shape index (κ2) is 5.97. The first-order valence-electron chi connectivity index (χ1n) is 6.40. The summed E-state index contributed by atoms with van der Waals surface area (Å²) < 4.78 is 40.3. The van der Waals surface area contributed by atoms with Crippen molar-refractivity contribution >= 4 is 43.8 Å². The number of nitrogens with one attached hydrogen (secondary N) is 1. The van der Waals surface area contributed by atoms with Gasteiger partial charge in [-0.15, -0.1) is 11.3 Å². The molecule has 0 unspecified atom stereocenters. The Bertz CT molecular complexity index is 843. The number of nitrogens with zero attached hydrogens (tertiary/aromatic N) is 2. The predicted octanol–water partition coefficient (Wildman–Crippen LogP) is 4.36. The Morgan fingerprint density at radius 3 is 2.83 bits per heavy atom. The average molecular weight is 404 g/mol. The van der Waals surface area contributed by atoms with E-state index in [1.165, 1.54) is 17.4 Å². The van der Waals surface area contributed by atoms with E-state index in [2.05, 4.69) is 26.2 Å². The maximum absolute atomic E-state index is 12.8. The van der Waals surface area contributed by atoms with Gasteiger partial charge in [-0.25, -0.2) is 4.98 Å². The van der Waals surface area contributed by atoms with Crippen molar-refractivity contribution in [3.05, 3.63) is 51.7 Å². The standard InChI is InChI=1S/C14H9BrF3N3OS/c15-9-3-8(14(16,17)18)4-10(5-9)19-12(22)6-11-7-21-1-2-23-13(21)20-11/h1-5,7H,6H2,(H,19,22). The van der Waals surface area contributed by atoms with Crippen LogP contribution in [0.25, 0.3) is 4.96 Å². The predicted molar refractivity (Wildman–Crippen MR) is 84.5 cm³/mol. The number of imidazole rings is 1. The first-order valence-corrected chi connectivity index (χ1v) is 8.07. The van der Waals surface area contributed by atoms with Crippen molar-refractivity contribution in [1.29, 1.82) is 0 Å². The number of thiazole rings is 1. The number of amides is 1. The number of rotatable bonds is 3. The molecule has 0 saturated heterocycles. The maximum Gasteiger partial charge on any atom is 0.416 e. The zero-order valence-electron chi connectivity index (χ0n) is 11.4. The van der Waals surface area contributed by atoms with Crippen LogP contribution < -0.4 is 5.32 Å². The van der Waals surface area contributed by atoms with Crippen LogP contribution in [0.15, 0.2) is 40.4 Å². The van der Waals surface area contributed by atoms with Gasteiger partial charge in [0.2, 0.25) is 5.91 Å². The van der Waals surface area contributed by atoms with Gasteiger partial charge in [-0.1, -0.05) is 15.9 Å². The minimum atomic E-state index is -4.47. The van der Waals surface area contributed by atoms with Gasteiger partial charge < -0.3 is 5.32 Å². The first-order chi connectivity index (χ1) is 10.8. The van der Waals surface area contributed by atoms with E-state index >= 15 is 0 Å². The van der Waals surface area contributed by atoms with Crippen LogP contribution in [-0.4, -0.2) is 15.3 Å². The van der Waals surface area contributed by atoms with Crippen LogP contribution in [0.5, 0.6) is 0 Å². The fourth-order valence-corrected chi connectivity index (χ4v) is 3.27. The number of carbonyl (C=O) groups excluding carboxylic acids is 1. The van der Waals surface area contributed by atoms with E-state index in [0.29, 0.717) is 5.69 Å². The largest absolute Gasteiger partial charge is 0.416 e. The number of hydrogen-bond acceptors (Lipinski definition) is 3. The number of anilines is 1. The lowest BCUT2D eigenvalue weighted by Crippen LogP contribution is -2.15. The molecule has 0 bridgehead atoms. The SMILES string of the molecule is O=C(Cc1cn2ccsc2n1)Nc1cc(Br)cc(C(F)(F)F)c1. The van der Waals surface area contributed by atoms with Gasteiger partial charge in [0.1, 0.15) is 0 Å². The van der Waals surface area contributed by atoms with E-state index in [9.17, 15) is 18.0 Å². The molecule has 0 aliphatic carbocycles. The van der Waals surface area contributed by atoms with Crippen molar-refractivity contribution in [1.82, 2.24) is 9.38 Å². The lowest BCUT2D eigenvalue weighted by atomic mass is 10.2. The summed E-state index contributed by atoms with van der Waals surface area (Å²) in [6.45, 7) is 0. The molecule has 0 aliphatic rings. The van der Waals surface area contributed by atoms with Gasteiger partial charge in [-0.05, 0) is 18.2 Å². The number of halogens is 4. The van der Waals surface area contributed by atoms with Crippen LogP contribution in [-0.2, 0) is 17.4 Å². The van der Waals surface area contributed by atoms with Crippen molar-refractivity contribution in [2.45, 2.75) is 12.6 Å². The highest BCUT2D eigenvalue weighted by Gasteiger charge is 2.31. The van der Waals surface area contributed by atoms with Crippen LogP contribution in [0.4, 0.5) is 18.9 Å². The highest BCUT2D eigenvalue weighted by atomic mass is 79.9. The van der Waals surface area contributed by atoms with Crippen molar-refractivity contribution in [2.24, 2.45) is 0 Å². The Morgan fingerprint density at radius 2 is 2.13 bits per heavy atom. The summed E-state index contributed by atoms with van der Waals surface area (Å²) in [5.74, 6) is -0.429. The number of alkyl halides is 3. The monoisotopic (exact) mass is 403 g/mol. The Kier molecular flexibility index (Phi) is 4.15. The van der Waals surface area contributed by atoms with E-state index < -0.39 is 17.6 Å². The van der Waals surface area contributed by atoms with Crippen LogP contribution >= 0.6 is 27.3 Å². The molecule has 2 aromatic heterocycles. The number of hydrogen-bond donors (Lipinski definition) is 1. The normalized spacial score (nSPS) is 11.8. The molecule has 3 aromatic rings. The molecule has 0 radical (unpaired) electrons. The quantitative estimate of drug-likeness (QED) is 0.706. The number of fused-ring (bicyclic) bond motifs is 1. The molecular weight excluding hydrogens is 395 g/mol. The zero-order chi connectivity index (χ0) is 16.6. The molecule has 1 N–H and O–H groups in total. The van der Waals surface area contributed by atoms with Gasteiger partial charge >= 0.3 is 6.18 Å². The van der Waals surface area contributed by atoms with Gasteiger partial charge in [0.15, 0.2) is 4.96 Å². The molecule has 2 heterocycles. The lowest BCUT2D eigenvalue weighted by Gasteiger charge is -2.10. The summed E-state index contributed by atoms with van der Waals surface area (Å²) in [7, 11) is 0. The van der Waals surface area contributed by atoms with Gasteiger partial charge in [0.25, 0.3) is 0 Å². The third-order valence-corrected chi connectivity index (χ3v) is 4.22. The van der Waals surface area contributed by atoms with Gasteiger partial charge in [0, 0.05) is 27.9 Å². The number of aromatic nitrogens is 2. The molecule has 4 nitrogen and oxygen atoms in total. The Labute approximate surface area is 141 Å². The Balaban J connectivity index is 1.74. The lowest BCUT2D eigenvalue weighted by molar-refractivity contribution is -0.137. The summed E-state index contributed by atoms with van der Waals surface area (Å²) in [6.07, 6.45) is -0.953. The number of carbonyl (C=O) groups is 1. The molecule has 0 aliphatic heterocycles. The molecule has 0 atom stereocenters. The van der Waals surface area contributed by atoms with Crippen LogP contribution in [0, 0.1) is 0 Å². The summed E-state index contributed by atoms with van der Waals surface area (Å²) in [5.41, 5.74) is -0.192. The fourth-order valence-electron chi connectivity index (χ4n) is 2.06. The Morgan fingerprint density at radius 1 is 1.35 bits per heavy atom. The summed E-state index contributed by atoms with van der Waals surface area (Å²) in [6, 6.07) is 3.27. The molecule has 120 valence electrons. The zero-order valence-corrected chi connectivity index (χ0v) is 13.8. The van der Waals surface area contributed by atoms with Gasteiger partial charge in [-0.2, -0.15) is 13.2 Å². The molecule has 1 aromatic carbocycles. The van der Waals surface area contributed by atoms with Crippen molar-refractivity contribution in [3.8, 4) is 0 Å². The van der Waals surface area contributed by atoms with E-state index in [1.807, 2.05) is 11.6 Å². The summed E-state index contributed by atoms with van der Waals surface area (Å²) >= 11 is 4.45. The molecule has 0 spiro atoms. The van der Waals surface area contributed by atoms with Crippen molar-refractivity contribution < 1.29 is 18.0 Å². The third kappa shape index (κ3) is 3.73. The minimum Gasteiger partial charge on any atom is -0.326 e. The molecule has 3 rings (SSSR count). The first kappa shape index (κ1) is 16.0. The van der Waals surface area contributed by atoms with Crippen molar-refractivity contribution in [3.63, 3.8) is 0 Å². The van der Waals surface area contributed by atoms with Crippen LogP contribution in [0.1, 0.15) is 11.3 Å². The van der Waals surface area contributed by atoms with Gasteiger partial charge in [-0.3, -0.25) is 9.20 Å². The van der Waals surface area contributed by atoms with E-state index in [-0.39, 0.29) is 16.6 Å². The molecule has 23 heavy (non-hydrogen) atoms. The molecule has 1 amide bonds. The van der Waals surface area contributed by atoms with Crippen LogP contribution in [0.3, 0.4) is 0 Å². The topological polar surface area (TPSA) is 46.4 Å². The second-order valence-electron chi connectivity index (χ2n) is 4.78. The average Bonchev–Trinajstić information content (AvgIpc) is 2.97. The maximum atomic E-state index is 12.8. The van der Waals surface area contributed by atoms with E-state index in [0.717, 1.165) is 17.1 Å². The van der Waals surface area contributed by atoms with Crippen molar-refractivity contribution in [2.75, 3.05) is 5.32 Å². The van der Waals surface area contributed by atoms with Crippen LogP contribution in [0.2, 0.25) is 0 Å². The van der Waals surface area contributed by atoms with Gasteiger partial charge in [0.05, 0.1) is 17.7 Å². The number of benzene rings is 1.